The van der Waals surface area contributed by atoms with Crippen molar-refractivity contribution in [1.82, 2.24) is 20.3 Å². The molecule has 0 bridgehead atoms. The van der Waals surface area contributed by atoms with Crippen LogP contribution in [0, 0.1) is 0 Å². The van der Waals surface area contributed by atoms with Crippen molar-refractivity contribution in [1.29, 1.82) is 0 Å². The summed E-state index contributed by atoms with van der Waals surface area (Å²) in [5.41, 5.74) is 0.121. The fourth-order valence-electron chi connectivity index (χ4n) is 2.16. The van der Waals surface area contributed by atoms with Crippen LogP contribution < -0.4 is 5.32 Å². The van der Waals surface area contributed by atoms with E-state index in [9.17, 15) is 9.59 Å². The molecule has 0 aliphatic heterocycles. The van der Waals surface area contributed by atoms with Crippen LogP contribution in [0.3, 0.4) is 0 Å². The number of nitrogens with zero attached hydrogens (tertiary/aromatic N) is 3. The normalized spacial score (nSPS) is 15.4. The van der Waals surface area contributed by atoms with E-state index in [2.05, 4.69) is 15.6 Å². The van der Waals surface area contributed by atoms with Gasteiger partial charge in [0.1, 0.15) is 6.54 Å². The van der Waals surface area contributed by atoms with Gasteiger partial charge in [-0.1, -0.05) is 18.1 Å². The van der Waals surface area contributed by atoms with Crippen molar-refractivity contribution in [3.8, 4) is 0 Å². The Labute approximate surface area is 111 Å². The van der Waals surface area contributed by atoms with E-state index in [1.165, 1.54) is 23.7 Å². The molecule has 19 heavy (non-hydrogen) atoms. The minimum Gasteiger partial charge on any atom is -0.461 e. The van der Waals surface area contributed by atoms with Gasteiger partial charge in [-0.2, -0.15) is 0 Å². The maximum absolute atomic E-state index is 11.8. The highest BCUT2D eigenvalue weighted by atomic mass is 16.5. The summed E-state index contributed by atoms with van der Waals surface area (Å²) in [6.45, 7) is 2.08. The van der Waals surface area contributed by atoms with Gasteiger partial charge in [-0.3, -0.25) is 4.79 Å². The summed E-state index contributed by atoms with van der Waals surface area (Å²) in [4.78, 5) is 23.1. The van der Waals surface area contributed by atoms with Crippen molar-refractivity contribution in [2.45, 2.75) is 45.2 Å². The van der Waals surface area contributed by atoms with Gasteiger partial charge < -0.3 is 10.1 Å². The molecule has 1 saturated carbocycles. The SMILES string of the molecule is CCOC(=O)c1cn(CC(=O)NC2CCCC2)nn1. The summed E-state index contributed by atoms with van der Waals surface area (Å²) in [6, 6.07) is 0.278. The van der Waals surface area contributed by atoms with Gasteiger partial charge in [0.15, 0.2) is 5.69 Å². The third-order valence-electron chi connectivity index (χ3n) is 3.05. The minimum absolute atomic E-state index is 0.0723. The van der Waals surface area contributed by atoms with Gasteiger partial charge in [0.25, 0.3) is 0 Å². The molecule has 1 amide bonds. The third kappa shape index (κ3) is 3.77. The highest BCUT2D eigenvalue weighted by molar-refractivity contribution is 5.86. The predicted molar refractivity (Wildman–Crippen MR) is 66.4 cm³/mol. The summed E-state index contributed by atoms with van der Waals surface area (Å²) in [5.74, 6) is -0.628. The van der Waals surface area contributed by atoms with Crippen molar-refractivity contribution in [2.24, 2.45) is 0 Å². The molecule has 1 aromatic rings. The Balaban J connectivity index is 1.85. The van der Waals surface area contributed by atoms with Crippen LogP contribution in [-0.4, -0.2) is 39.5 Å². The Bertz CT molecular complexity index is 452. The fourth-order valence-corrected chi connectivity index (χ4v) is 2.16. The van der Waals surface area contributed by atoms with E-state index < -0.39 is 5.97 Å². The first-order chi connectivity index (χ1) is 9.19. The van der Waals surface area contributed by atoms with Crippen LogP contribution in [0.5, 0.6) is 0 Å². The molecule has 104 valence electrons. The lowest BCUT2D eigenvalue weighted by Crippen LogP contribution is -2.35. The summed E-state index contributed by atoms with van der Waals surface area (Å²) >= 11 is 0. The van der Waals surface area contributed by atoms with E-state index in [0.717, 1.165) is 12.8 Å². The first-order valence-electron chi connectivity index (χ1n) is 6.55. The first kappa shape index (κ1) is 13.5. The Morgan fingerprint density at radius 3 is 2.89 bits per heavy atom. The zero-order chi connectivity index (χ0) is 13.7. The molecule has 0 atom stereocenters. The second kappa shape index (κ2) is 6.31. The monoisotopic (exact) mass is 266 g/mol. The largest absolute Gasteiger partial charge is 0.461 e. The number of hydrogen-bond acceptors (Lipinski definition) is 5. The molecule has 0 radical (unpaired) electrons. The minimum atomic E-state index is -0.523. The second-order valence-electron chi connectivity index (χ2n) is 4.57. The molecule has 1 fully saturated rings. The van der Waals surface area contributed by atoms with Gasteiger partial charge in [-0.05, 0) is 19.8 Å². The molecule has 0 unspecified atom stereocenters. The van der Waals surface area contributed by atoms with Gasteiger partial charge >= 0.3 is 5.97 Å². The lowest BCUT2D eigenvalue weighted by molar-refractivity contribution is -0.122. The van der Waals surface area contributed by atoms with Gasteiger partial charge in [0.05, 0.1) is 12.8 Å². The number of aromatic nitrogens is 3. The molecule has 7 nitrogen and oxygen atoms in total. The molecule has 1 aliphatic carbocycles. The number of nitrogens with one attached hydrogen (secondary N) is 1. The average molecular weight is 266 g/mol. The average Bonchev–Trinajstić information content (AvgIpc) is 3.00. The van der Waals surface area contributed by atoms with Gasteiger partial charge in [0.2, 0.25) is 5.91 Å². The van der Waals surface area contributed by atoms with Crippen molar-refractivity contribution < 1.29 is 14.3 Å². The molecule has 2 rings (SSSR count). The van der Waals surface area contributed by atoms with E-state index >= 15 is 0 Å². The summed E-state index contributed by atoms with van der Waals surface area (Å²) in [7, 11) is 0. The fraction of sp³-hybridized carbons (Fsp3) is 0.667. The maximum atomic E-state index is 11.8. The number of rotatable bonds is 5. The zero-order valence-electron chi connectivity index (χ0n) is 11.0. The molecular formula is C12H18N4O3. The maximum Gasteiger partial charge on any atom is 0.360 e. The third-order valence-corrected chi connectivity index (χ3v) is 3.05. The van der Waals surface area contributed by atoms with Crippen LogP contribution in [0.15, 0.2) is 6.20 Å². The number of esters is 1. The molecule has 1 heterocycles. The van der Waals surface area contributed by atoms with E-state index in [1.54, 1.807) is 6.92 Å². The molecule has 0 aromatic carbocycles. The zero-order valence-corrected chi connectivity index (χ0v) is 11.0. The predicted octanol–water partition coefficient (Wildman–Crippen LogP) is 0.514. The molecule has 1 N–H and O–H groups in total. The number of hydrogen-bond donors (Lipinski definition) is 1. The Hall–Kier alpha value is -1.92. The molecule has 7 heteroatoms. The van der Waals surface area contributed by atoms with E-state index in [1.807, 2.05) is 0 Å². The number of carbonyl (C=O) groups excluding carboxylic acids is 2. The van der Waals surface area contributed by atoms with Gasteiger partial charge in [-0.25, -0.2) is 9.48 Å². The second-order valence-corrected chi connectivity index (χ2v) is 4.57. The first-order valence-corrected chi connectivity index (χ1v) is 6.55. The smallest absolute Gasteiger partial charge is 0.360 e. The van der Waals surface area contributed by atoms with Crippen LogP contribution in [0.2, 0.25) is 0 Å². The standard InChI is InChI=1S/C12H18N4O3/c1-2-19-12(18)10-7-16(15-14-10)8-11(17)13-9-5-3-4-6-9/h7,9H,2-6,8H2,1H3,(H,13,17). The Morgan fingerprint density at radius 1 is 1.47 bits per heavy atom. The molecule has 1 aliphatic rings. The number of ether oxygens (including phenoxy) is 1. The summed E-state index contributed by atoms with van der Waals surface area (Å²) in [6.07, 6.45) is 5.84. The topological polar surface area (TPSA) is 86.1 Å². The van der Waals surface area contributed by atoms with Crippen LogP contribution in [-0.2, 0) is 16.1 Å². The molecule has 1 aromatic heterocycles. The van der Waals surface area contributed by atoms with Crippen molar-refractivity contribution in [3.05, 3.63) is 11.9 Å². The summed E-state index contributed by atoms with van der Waals surface area (Å²) in [5, 5.41) is 10.4. The van der Waals surface area contributed by atoms with Crippen molar-refractivity contribution >= 4 is 11.9 Å². The lowest BCUT2D eigenvalue weighted by atomic mass is 10.2. The Morgan fingerprint density at radius 2 is 2.21 bits per heavy atom. The van der Waals surface area contributed by atoms with E-state index in [0.29, 0.717) is 0 Å². The number of amides is 1. The quantitative estimate of drug-likeness (QED) is 0.785. The van der Waals surface area contributed by atoms with Gasteiger partial charge in [0, 0.05) is 6.04 Å². The molecule has 0 spiro atoms. The van der Waals surface area contributed by atoms with E-state index in [-0.39, 0.29) is 30.8 Å². The van der Waals surface area contributed by atoms with Crippen molar-refractivity contribution in [3.63, 3.8) is 0 Å². The molecular weight excluding hydrogens is 248 g/mol. The lowest BCUT2D eigenvalue weighted by Gasteiger charge is -2.11. The van der Waals surface area contributed by atoms with Crippen LogP contribution in [0.1, 0.15) is 43.1 Å². The summed E-state index contributed by atoms with van der Waals surface area (Å²) < 4.78 is 6.14. The van der Waals surface area contributed by atoms with Gasteiger partial charge in [-0.15, -0.1) is 5.10 Å². The van der Waals surface area contributed by atoms with Crippen molar-refractivity contribution in [2.75, 3.05) is 6.61 Å². The van der Waals surface area contributed by atoms with Crippen LogP contribution in [0.25, 0.3) is 0 Å². The highest BCUT2D eigenvalue weighted by Crippen LogP contribution is 2.17. The molecule has 0 saturated heterocycles. The van der Waals surface area contributed by atoms with E-state index in [4.69, 9.17) is 4.74 Å². The van der Waals surface area contributed by atoms with Crippen LogP contribution >= 0.6 is 0 Å². The Kier molecular flexibility index (Phi) is 4.48. The van der Waals surface area contributed by atoms with Crippen LogP contribution in [0.4, 0.5) is 0 Å². The number of carbonyl (C=O) groups is 2. The highest BCUT2D eigenvalue weighted by Gasteiger charge is 2.18.